The number of ether oxygens (including phenoxy) is 1. The first-order valence-corrected chi connectivity index (χ1v) is 8.10. The number of carbonyl (C=O) groups is 1. The number of carbonyl (C=O) groups excluding carboxylic acids is 1. The number of halogens is 1. The van der Waals surface area contributed by atoms with E-state index in [9.17, 15) is 4.79 Å². The Balaban J connectivity index is 1.96. The minimum Gasteiger partial charge on any atom is -0.464 e. The van der Waals surface area contributed by atoms with Crippen molar-refractivity contribution >= 4 is 40.8 Å². The van der Waals surface area contributed by atoms with Crippen molar-refractivity contribution in [1.29, 1.82) is 0 Å². The Kier molecular flexibility index (Phi) is 4.42. The van der Waals surface area contributed by atoms with E-state index in [0.29, 0.717) is 35.7 Å². The first-order chi connectivity index (χ1) is 11.8. The maximum atomic E-state index is 12.0. The van der Waals surface area contributed by atoms with Crippen LogP contribution in [0.2, 0.25) is 5.28 Å². The first kappa shape index (κ1) is 17.3. The lowest BCUT2D eigenvalue weighted by molar-refractivity contribution is -0.148. The molecule has 0 bridgehead atoms. The molecule has 2 aromatic heterocycles. The Morgan fingerprint density at radius 1 is 1.48 bits per heavy atom. The van der Waals surface area contributed by atoms with Crippen molar-refractivity contribution in [3.8, 4) is 0 Å². The van der Waals surface area contributed by atoms with Gasteiger partial charge in [-0.25, -0.2) is 9.78 Å². The van der Waals surface area contributed by atoms with Crippen LogP contribution in [0.3, 0.4) is 0 Å². The molecule has 0 amide bonds. The van der Waals surface area contributed by atoms with E-state index < -0.39 is 11.5 Å². The number of fused-ring (bicyclic) bond motifs is 1. The monoisotopic (exact) mass is 363 g/mol. The fourth-order valence-corrected chi connectivity index (χ4v) is 2.67. The van der Waals surface area contributed by atoms with Crippen LogP contribution in [0, 0.1) is 0 Å². The van der Waals surface area contributed by atoms with Crippen LogP contribution >= 0.6 is 11.6 Å². The highest BCUT2D eigenvalue weighted by Gasteiger charge is 2.40. The van der Waals surface area contributed by atoms with Crippen LogP contribution in [0.5, 0.6) is 0 Å². The van der Waals surface area contributed by atoms with Gasteiger partial charge < -0.3 is 9.64 Å². The number of hydrogen-bond donors (Lipinski definition) is 0. The second-order valence-corrected chi connectivity index (χ2v) is 6.36. The van der Waals surface area contributed by atoms with Crippen molar-refractivity contribution in [2.45, 2.75) is 25.8 Å². The zero-order valence-corrected chi connectivity index (χ0v) is 15.1. The molecule has 0 saturated carbocycles. The van der Waals surface area contributed by atoms with Crippen LogP contribution in [-0.4, -0.2) is 51.7 Å². The van der Waals surface area contributed by atoms with Gasteiger partial charge in [-0.2, -0.15) is 20.2 Å². The molecule has 1 unspecified atom stereocenters. The van der Waals surface area contributed by atoms with Gasteiger partial charge in [-0.1, -0.05) is 0 Å². The standard InChI is InChI=1S/C15H18ClN7O2/c1-5-25-13(24)15(2)6-9(20-21-15)7-23-8-17-10-11(22(3)4)18-14(16)19-12(10)23/h7-8H,5-6H2,1-4H3/b9-7+. The Hall–Kier alpha value is -2.55. The summed E-state index contributed by atoms with van der Waals surface area (Å²) >= 11 is 6.02. The lowest BCUT2D eigenvalue weighted by Crippen LogP contribution is -2.32. The smallest absolute Gasteiger partial charge is 0.336 e. The third-order valence-electron chi connectivity index (χ3n) is 3.73. The van der Waals surface area contributed by atoms with Gasteiger partial charge in [0.1, 0.15) is 6.33 Å². The van der Waals surface area contributed by atoms with Crippen molar-refractivity contribution in [1.82, 2.24) is 19.5 Å². The van der Waals surface area contributed by atoms with E-state index in [2.05, 4.69) is 25.2 Å². The predicted octanol–water partition coefficient (Wildman–Crippen LogP) is 2.52. The lowest BCUT2D eigenvalue weighted by Gasteiger charge is -2.15. The summed E-state index contributed by atoms with van der Waals surface area (Å²) in [6.07, 6.45) is 3.67. The second-order valence-electron chi connectivity index (χ2n) is 6.03. The average Bonchev–Trinajstić information content (AvgIpc) is 3.12. The third-order valence-corrected chi connectivity index (χ3v) is 3.90. The van der Waals surface area contributed by atoms with Gasteiger partial charge in [-0.15, -0.1) is 0 Å². The summed E-state index contributed by atoms with van der Waals surface area (Å²) in [5, 5.41) is 8.30. The molecule has 1 aliphatic rings. The molecule has 132 valence electrons. The van der Waals surface area contributed by atoms with Gasteiger partial charge in [-0.3, -0.25) is 4.57 Å². The zero-order valence-electron chi connectivity index (χ0n) is 14.4. The van der Waals surface area contributed by atoms with Gasteiger partial charge in [0.25, 0.3) is 0 Å². The molecule has 2 aromatic rings. The molecule has 0 aromatic carbocycles. The van der Waals surface area contributed by atoms with E-state index in [4.69, 9.17) is 16.3 Å². The minimum absolute atomic E-state index is 0.126. The molecule has 9 nitrogen and oxygen atoms in total. The summed E-state index contributed by atoms with van der Waals surface area (Å²) in [7, 11) is 3.71. The number of hydrogen-bond acceptors (Lipinski definition) is 8. The van der Waals surface area contributed by atoms with Crippen molar-refractivity contribution in [3.05, 3.63) is 17.3 Å². The number of imidazole rings is 1. The molecule has 3 heterocycles. The van der Waals surface area contributed by atoms with E-state index in [1.807, 2.05) is 19.0 Å². The van der Waals surface area contributed by atoms with Crippen molar-refractivity contribution < 1.29 is 9.53 Å². The van der Waals surface area contributed by atoms with Crippen LogP contribution in [0.25, 0.3) is 17.4 Å². The molecule has 0 saturated heterocycles. The Morgan fingerprint density at radius 3 is 2.92 bits per heavy atom. The summed E-state index contributed by atoms with van der Waals surface area (Å²) in [6.45, 7) is 3.76. The number of nitrogens with zero attached hydrogens (tertiary/aromatic N) is 7. The first-order valence-electron chi connectivity index (χ1n) is 7.72. The maximum Gasteiger partial charge on any atom is 0.336 e. The van der Waals surface area contributed by atoms with Crippen LogP contribution in [0.15, 0.2) is 22.3 Å². The number of esters is 1. The molecule has 0 radical (unpaired) electrons. The Labute approximate surface area is 149 Å². The van der Waals surface area contributed by atoms with Gasteiger partial charge in [0.15, 0.2) is 22.5 Å². The second kappa shape index (κ2) is 6.40. The molecular formula is C15H18ClN7O2. The SMILES string of the molecule is CCOC(=O)C1(C)C/C(=C\n2cnc3c(N(C)C)nc(Cl)nc32)N=N1. The van der Waals surface area contributed by atoms with Crippen LogP contribution in [-0.2, 0) is 9.53 Å². The number of aromatic nitrogens is 4. The van der Waals surface area contributed by atoms with E-state index >= 15 is 0 Å². The Bertz CT molecular complexity index is 889. The molecule has 0 fully saturated rings. The highest BCUT2D eigenvalue weighted by atomic mass is 35.5. The van der Waals surface area contributed by atoms with Crippen LogP contribution < -0.4 is 4.90 Å². The zero-order chi connectivity index (χ0) is 18.2. The third kappa shape index (κ3) is 3.19. The number of rotatable bonds is 4. The van der Waals surface area contributed by atoms with Crippen molar-refractivity contribution in [3.63, 3.8) is 0 Å². The minimum atomic E-state index is -1.00. The topological polar surface area (TPSA) is 97.9 Å². The van der Waals surface area contributed by atoms with E-state index in [1.54, 1.807) is 30.9 Å². The molecule has 1 atom stereocenters. The fraction of sp³-hybridized carbons (Fsp3) is 0.467. The molecule has 0 N–H and O–H groups in total. The molecular weight excluding hydrogens is 346 g/mol. The number of anilines is 1. The van der Waals surface area contributed by atoms with Gasteiger partial charge >= 0.3 is 5.97 Å². The average molecular weight is 364 g/mol. The van der Waals surface area contributed by atoms with Crippen molar-refractivity contribution in [2.24, 2.45) is 10.2 Å². The van der Waals surface area contributed by atoms with Crippen molar-refractivity contribution in [2.75, 3.05) is 25.6 Å². The molecule has 25 heavy (non-hydrogen) atoms. The van der Waals surface area contributed by atoms with E-state index in [-0.39, 0.29) is 5.28 Å². The molecule has 1 aliphatic heterocycles. The number of azo groups is 1. The fourth-order valence-electron chi connectivity index (χ4n) is 2.51. The quantitative estimate of drug-likeness (QED) is 0.611. The summed E-state index contributed by atoms with van der Waals surface area (Å²) in [5.74, 6) is 0.231. The van der Waals surface area contributed by atoms with Gasteiger partial charge in [0.2, 0.25) is 5.28 Å². The van der Waals surface area contributed by atoms with Crippen LogP contribution in [0.4, 0.5) is 5.82 Å². The van der Waals surface area contributed by atoms with Gasteiger partial charge in [0.05, 0.1) is 12.3 Å². The lowest BCUT2D eigenvalue weighted by atomic mass is 9.99. The molecule has 0 spiro atoms. The summed E-state index contributed by atoms with van der Waals surface area (Å²) in [5.41, 5.74) is 0.793. The molecule has 10 heteroatoms. The predicted molar refractivity (Wildman–Crippen MR) is 93.4 cm³/mol. The maximum absolute atomic E-state index is 12.0. The summed E-state index contributed by atoms with van der Waals surface area (Å²) in [4.78, 5) is 26.6. The summed E-state index contributed by atoms with van der Waals surface area (Å²) in [6, 6.07) is 0. The van der Waals surface area contributed by atoms with E-state index in [1.165, 1.54) is 0 Å². The molecule has 3 rings (SSSR count). The van der Waals surface area contributed by atoms with Gasteiger partial charge in [-0.05, 0) is 25.4 Å². The normalized spacial score (nSPS) is 21.2. The highest BCUT2D eigenvalue weighted by Crippen LogP contribution is 2.32. The Morgan fingerprint density at radius 2 is 2.24 bits per heavy atom. The molecule has 0 aliphatic carbocycles. The van der Waals surface area contributed by atoms with E-state index in [0.717, 1.165) is 0 Å². The van der Waals surface area contributed by atoms with Gasteiger partial charge in [0, 0.05) is 26.7 Å². The largest absolute Gasteiger partial charge is 0.464 e. The highest BCUT2D eigenvalue weighted by molar-refractivity contribution is 6.28. The van der Waals surface area contributed by atoms with Crippen LogP contribution in [0.1, 0.15) is 20.3 Å². The summed E-state index contributed by atoms with van der Waals surface area (Å²) < 4.78 is 6.75.